The zero-order chi connectivity index (χ0) is 6.72. The Morgan fingerprint density at radius 3 is 2.20 bits per heavy atom. The predicted molar refractivity (Wildman–Crippen MR) is 41.6 cm³/mol. The molecule has 0 radical (unpaired) electrons. The van der Waals surface area contributed by atoms with Crippen LogP contribution in [0.25, 0.3) is 0 Å². The molecule has 54 valence electrons. The summed E-state index contributed by atoms with van der Waals surface area (Å²) in [5, 5.41) is 0. The van der Waals surface area contributed by atoms with E-state index in [4.69, 9.17) is 0 Å². The average molecular weight is 134 g/mol. The van der Waals surface area contributed by atoms with E-state index in [2.05, 4.69) is 6.58 Å². The lowest BCUT2D eigenvalue weighted by molar-refractivity contribution is 0.219. The maximum Gasteiger partial charge on any atom is -0.0166 e. The van der Waals surface area contributed by atoms with Crippen LogP contribution in [0.5, 0.6) is 0 Å². The number of rotatable bonds is 0. The molecule has 0 aromatic rings. The third-order valence-electron chi connectivity index (χ3n) is 4.12. The molecule has 0 aromatic carbocycles. The van der Waals surface area contributed by atoms with Crippen LogP contribution in [-0.4, -0.2) is 0 Å². The van der Waals surface area contributed by atoms with Gasteiger partial charge in [0, 0.05) is 0 Å². The molecule has 0 bridgehead atoms. The minimum atomic E-state index is 0.984. The van der Waals surface area contributed by atoms with Crippen LogP contribution in [0.15, 0.2) is 12.2 Å². The Balaban J connectivity index is 2.00. The van der Waals surface area contributed by atoms with Gasteiger partial charge in [-0.15, -0.1) is 0 Å². The first-order chi connectivity index (χ1) is 4.88. The first-order valence-corrected chi connectivity index (χ1v) is 4.56. The minimum Gasteiger partial charge on any atom is -0.0993 e. The summed E-state index contributed by atoms with van der Waals surface area (Å²) in [6.07, 6.45) is 5.99. The molecule has 0 heteroatoms. The highest BCUT2D eigenvalue weighted by atomic mass is 14.6. The fraction of sp³-hybridized carbons (Fsp3) is 0.800. The van der Waals surface area contributed by atoms with Crippen molar-refractivity contribution in [3.05, 3.63) is 12.2 Å². The van der Waals surface area contributed by atoms with Crippen molar-refractivity contribution in [1.29, 1.82) is 0 Å². The van der Waals surface area contributed by atoms with Crippen LogP contribution in [0, 0.1) is 23.7 Å². The zero-order valence-corrected chi connectivity index (χ0v) is 6.34. The monoisotopic (exact) mass is 134 g/mol. The summed E-state index contributed by atoms with van der Waals surface area (Å²) in [6.45, 7) is 4.18. The summed E-state index contributed by atoms with van der Waals surface area (Å²) in [7, 11) is 0. The quantitative estimate of drug-likeness (QED) is 0.447. The largest absolute Gasteiger partial charge is 0.0993 e. The molecule has 0 amide bonds. The van der Waals surface area contributed by atoms with Gasteiger partial charge in [0.2, 0.25) is 0 Å². The van der Waals surface area contributed by atoms with E-state index in [0.29, 0.717) is 0 Å². The van der Waals surface area contributed by atoms with E-state index in [0.717, 1.165) is 23.7 Å². The van der Waals surface area contributed by atoms with Crippen molar-refractivity contribution in [2.45, 2.75) is 25.7 Å². The molecule has 0 saturated heterocycles. The van der Waals surface area contributed by atoms with E-state index in [1.165, 1.54) is 25.7 Å². The Kier molecular flexibility index (Phi) is 0.805. The molecular weight excluding hydrogens is 120 g/mol. The normalized spacial score (nSPS) is 56.6. The molecule has 0 aliphatic heterocycles. The fourth-order valence-electron chi connectivity index (χ4n) is 3.66. The third-order valence-corrected chi connectivity index (χ3v) is 4.12. The average Bonchev–Trinajstić information content (AvgIpc) is 2.37. The molecule has 0 aromatic heterocycles. The highest BCUT2D eigenvalue weighted by molar-refractivity contribution is 5.26. The highest BCUT2D eigenvalue weighted by Gasteiger charge is 2.55. The first-order valence-electron chi connectivity index (χ1n) is 4.56. The summed E-state index contributed by atoms with van der Waals surface area (Å²) in [5.41, 5.74) is 1.62. The van der Waals surface area contributed by atoms with E-state index < -0.39 is 0 Å². The molecule has 3 aliphatic carbocycles. The summed E-state index contributed by atoms with van der Waals surface area (Å²) >= 11 is 0. The van der Waals surface area contributed by atoms with Gasteiger partial charge in [-0.2, -0.15) is 0 Å². The maximum atomic E-state index is 4.18. The van der Waals surface area contributed by atoms with Gasteiger partial charge in [0.15, 0.2) is 0 Å². The number of hydrogen-bond donors (Lipinski definition) is 0. The maximum absolute atomic E-state index is 4.18. The van der Waals surface area contributed by atoms with Gasteiger partial charge in [0.1, 0.15) is 0 Å². The SMILES string of the molecule is C=C1C2CCC3CCC1C32. The van der Waals surface area contributed by atoms with Crippen molar-refractivity contribution in [2.75, 3.05) is 0 Å². The minimum absolute atomic E-state index is 0.984. The zero-order valence-electron chi connectivity index (χ0n) is 6.34. The Hall–Kier alpha value is -0.260. The molecular formula is C10H14. The standard InChI is InChI=1S/C10H14/c1-6-8-4-2-7-3-5-9(6)10(7)8/h7-10H,1-5H2. The van der Waals surface area contributed by atoms with Crippen molar-refractivity contribution in [2.24, 2.45) is 23.7 Å². The molecule has 10 heavy (non-hydrogen) atoms. The second kappa shape index (κ2) is 1.49. The van der Waals surface area contributed by atoms with Gasteiger partial charge in [-0.05, 0) is 49.4 Å². The summed E-state index contributed by atoms with van der Waals surface area (Å²) in [6, 6.07) is 0. The third kappa shape index (κ3) is 0.398. The van der Waals surface area contributed by atoms with Crippen LogP contribution in [-0.2, 0) is 0 Å². The number of hydrogen-bond acceptors (Lipinski definition) is 0. The molecule has 2 unspecified atom stereocenters. The van der Waals surface area contributed by atoms with Gasteiger partial charge < -0.3 is 0 Å². The van der Waals surface area contributed by atoms with Gasteiger partial charge in [0.05, 0.1) is 0 Å². The molecule has 2 atom stereocenters. The van der Waals surface area contributed by atoms with E-state index >= 15 is 0 Å². The fourth-order valence-corrected chi connectivity index (χ4v) is 3.66. The van der Waals surface area contributed by atoms with Crippen LogP contribution in [0.3, 0.4) is 0 Å². The lowest BCUT2D eigenvalue weighted by Crippen LogP contribution is -2.33. The van der Waals surface area contributed by atoms with E-state index in [-0.39, 0.29) is 0 Å². The first kappa shape index (κ1) is 5.40. The van der Waals surface area contributed by atoms with Crippen molar-refractivity contribution < 1.29 is 0 Å². The predicted octanol–water partition coefficient (Wildman–Crippen LogP) is 2.61. The van der Waals surface area contributed by atoms with Crippen molar-refractivity contribution in [1.82, 2.24) is 0 Å². The molecule has 3 rings (SSSR count). The van der Waals surface area contributed by atoms with E-state index in [1.54, 1.807) is 5.57 Å². The summed E-state index contributed by atoms with van der Waals surface area (Å²) in [4.78, 5) is 0. The molecule has 3 aliphatic rings. The smallest absolute Gasteiger partial charge is 0.0166 e. The Morgan fingerprint density at radius 1 is 1.00 bits per heavy atom. The van der Waals surface area contributed by atoms with Gasteiger partial charge >= 0.3 is 0 Å². The Labute approximate surface area is 62.3 Å². The van der Waals surface area contributed by atoms with Crippen molar-refractivity contribution >= 4 is 0 Å². The topological polar surface area (TPSA) is 0 Å². The van der Waals surface area contributed by atoms with Crippen LogP contribution in [0.2, 0.25) is 0 Å². The Bertz CT molecular complexity index is 174. The highest BCUT2D eigenvalue weighted by Crippen LogP contribution is 2.64. The Morgan fingerprint density at radius 2 is 1.60 bits per heavy atom. The van der Waals surface area contributed by atoms with Crippen molar-refractivity contribution in [3.63, 3.8) is 0 Å². The molecule has 0 N–H and O–H groups in total. The molecule has 3 saturated carbocycles. The van der Waals surface area contributed by atoms with E-state index in [9.17, 15) is 0 Å². The number of allylic oxidation sites excluding steroid dienone is 1. The van der Waals surface area contributed by atoms with Crippen LogP contribution >= 0.6 is 0 Å². The molecule has 0 spiro atoms. The second-order valence-electron chi connectivity index (χ2n) is 4.28. The van der Waals surface area contributed by atoms with Gasteiger partial charge in [-0.1, -0.05) is 12.2 Å². The van der Waals surface area contributed by atoms with Crippen LogP contribution < -0.4 is 0 Å². The van der Waals surface area contributed by atoms with Gasteiger partial charge in [-0.3, -0.25) is 0 Å². The molecule has 0 heterocycles. The van der Waals surface area contributed by atoms with Gasteiger partial charge in [-0.25, -0.2) is 0 Å². The van der Waals surface area contributed by atoms with Crippen molar-refractivity contribution in [3.8, 4) is 0 Å². The summed E-state index contributed by atoms with van der Waals surface area (Å²) < 4.78 is 0. The second-order valence-corrected chi connectivity index (χ2v) is 4.28. The molecule has 3 fully saturated rings. The summed E-state index contributed by atoms with van der Waals surface area (Å²) in [5.74, 6) is 4.21. The lowest BCUT2D eigenvalue weighted by atomic mass is 9.64. The van der Waals surface area contributed by atoms with Gasteiger partial charge in [0.25, 0.3) is 0 Å². The lowest BCUT2D eigenvalue weighted by Gasteiger charge is -2.40. The van der Waals surface area contributed by atoms with Crippen LogP contribution in [0.4, 0.5) is 0 Å². The molecule has 0 nitrogen and oxygen atoms in total. The van der Waals surface area contributed by atoms with E-state index in [1.807, 2.05) is 0 Å². The van der Waals surface area contributed by atoms with Crippen LogP contribution in [0.1, 0.15) is 25.7 Å².